The minimum absolute atomic E-state index is 0.226. The summed E-state index contributed by atoms with van der Waals surface area (Å²) in [5, 5.41) is 0. The highest BCUT2D eigenvalue weighted by molar-refractivity contribution is 5.97. The smallest absolute Gasteiger partial charge is 0.0215 e. The molecule has 0 amide bonds. The van der Waals surface area contributed by atoms with E-state index >= 15 is 0 Å². The van der Waals surface area contributed by atoms with Gasteiger partial charge in [0.2, 0.25) is 0 Å². The van der Waals surface area contributed by atoms with Gasteiger partial charge in [-0.3, -0.25) is 0 Å². The van der Waals surface area contributed by atoms with Crippen LogP contribution in [-0.4, -0.2) is 0 Å². The third-order valence-corrected chi connectivity index (χ3v) is 9.50. The molecule has 4 aliphatic carbocycles. The molecule has 34 heavy (non-hydrogen) atoms. The normalized spacial score (nSPS) is 21.8. The molecule has 0 saturated heterocycles. The lowest BCUT2D eigenvalue weighted by atomic mass is 9.65. The van der Waals surface area contributed by atoms with Gasteiger partial charge in [-0.2, -0.15) is 0 Å². The zero-order chi connectivity index (χ0) is 22.6. The summed E-state index contributed by atoms with van der Waals surface area (Å²) < 4.78 is 0. The predicted octanol–water partition coefficient (Wildman–Crippen LogP) is 9.20. The monoisotopic (exact) mass is 442 g/mol. The van der Waals surface area contributed by atoms with Gasteiger partial charge in [0.25, 0.3) is 0 Å². The van der Waals surface area contributed by atoms with Gasteiger partial charge in [0.1, 0.15) is 0 Å². The summed E-state index contributed by atoms with van der Waals surface area (Å²) in [6.07, 6.45) is 18.3. The molecule has 0 radical (unpaired) electrons. The molecule has 0 atom stereocenters. The van der Waals surface area contributed by atoms with Crippen molar-refractivity contribution in [1.29, 1.82) is 0 Å². The van der Waals surface area contributed by atoms with Gasteiger partial charge in [0, 0.05) is 10.8 Å². The topological polar surface area (TPSA) is 0 Å². The summed E-state index contributed by atoms with van der Waals surface area (Å²) in [6, 6.07) is 28.0. The maximum atomic E-state index is 2.50. The van der Waals surface area contributed by atoms with Crippen molar-refractivity contribution in [3.05, 3.63) is 106 Å². The van der Waals surface area contributed by atoms with E-state index in [0.717, 1.165) is 0 Å². The second-order valence-electron chi connectivity index (χ2n) is 11.2. The Hall–Kier alpha value is -2.86. The molecular formula is C34H34. The Morgan fingerprint density at radius 1 is 0.412 bits per heavy atom. The zero-order valence-corrected chi connectivity index (χ0v) is 20.2. The van der Waals surface area contributed by atoms with Gasteiger partial charge in [-0.1, -0.05) is 111 Å². The first-order chi connectivity index (χ1) is 16.8. The second-order valence-corrected chi connectivity index (χ2v) is 11.2. The number of allylic oxidation sites excluding steroid dienone is 2. The lowest BCUT2D eigenvalue weighted by Crippen LogP contribution is -2.29. The van der Waals surface area contributed by atoms with Crippen molar-refractivity contribution >= 4 is 23.3 Å². The Kier molecular flexibility index (Phi) is 4.73. The number of fused-ring (bicyclic) bond motifs is 4. The average molecular weight is 443 g/mol. The quantitative estimate of drug-likeness (QED) is 0.371. The van der Waals surface area contributed by atoms with Crippen molar-refractivity contribution in [2.24, 2.45) is 0 Å². The predicted molar refractivity (Wildman–Crippen MR) is 145 cm³/mol. The van der Waals surface area contributed by atoms with E-state index in [1.54, 1.807) is 22.3 Å². The Morgan fingerprint density at radius 2 is 0.794 bits per heavy atom. The van der Waals surface area contributed by atoms with Gasteiger partial charge in [-0.15, -0.1) is 0 Å². The lowest BCUT2D eigenvalue weighted by molar-refractivity contribution is 0.372. The largest absolute Gasteiger partial charge is 0.0619 e. The van der Waals surface area contributed by atoms with Crippen LogP contribution in [0.2, 0.25) is 0 Å². The highest BCUT2D eigenvalue weighted by Gasteiger charge is 2.44. The first-order valence-electron chi connectivity index (χ1n) is 13.5. The third kappa shape index (κ3) is 2.90. The van der Waals surface area contributed by atoms with Gasteiger partial charge in [0.05, 0.1) is 0 Å². The SMILES string of the molecule is C1=C(c2ccc(C3=Cc4ccccc4C34CCCCC4)cc2)C2(CCCCC2)c2ccccc21. The fourth-order valence-corrected chi connectivity index (χ4v) is 7.93. The van der Waals surface area contributed by atoms with Gasteiger partial charge in [0.15, 0.2) is 0 Å². The molecule has 0 heteroatoms. The van der Waals surface area contributed by atoms with Gasteiger partial charge >= 0.3 is 0 Å². The molecule has 0 nitrogen and oxygen atoms in total. The molecule has 0 N–H and O–H groups in total. The van der Waals surface area contributed by atoms with Crippen molar-refractivity contribution in [3.8, 4) is 0 Å². The molecule has 3 aromatic rings. The van der Waals surface area contributed by atoms with Crippen LogP contribution in [0, 0.1) is 0 Å². The average Bonchev–Trinajstić information content (AvgIpc) is 3.38. The van der Waals surface area contributed by atoms with Crippen LogP contribution in [0.4, 0.5) is 0 Å². The first kappa shape index (κ1) is 20.5. The van der Waals surface area contributed by atoms with E-state index in [-0.39, 0.29) is 10.8 Å². The first-order valence-corrected chi connectivity index (χ1v) is 13.5. The molecule has 3 aromatic carbocycles. The minimum atomic E-state index is 0.226. The van der Waals surface area contributed by atoms with E-state index in [2.05, 4.69) is 84.9 Å². The Balaban J connectivity index is 1.28. The Morgan fingerprint density at radius 3 is 1.21 bits per heavy atom. The van der Waals surface area contributed by atoms with Crippen molar-refractivity contribution in [1.82, 2.24) is 0 Å². The second kappa shape index (κ2) is 7.84. The van der Waals surface area contributed by atoms with Crippen LogP contribution >= 0.6 is 0 Å². The minimum Gasteiger partial charge on any atom is -0.0619 e. The summed E-state index contributed by atoms with van der Waals surface area (Å²) in [6.45, 7) is 0. The molecule has 170 valence electrons. The number of rotatable bonds is 2. The van der Waals surface area contributed by atoms with E-state index in [0.29, 0.717) is 0 Å². The van der Waals surface area contributed by atoms with Gasteiger partial charge < -0.3 is 0 Å². The molecule has 0 heterocycles. The molecule has 0 aromatic heterocycles. The fourth-order valence-electron chi connectivity index (χ4n) is 7.93. The Labute approximate surface area is 204 Å². The highest BCUT2D eigenvalue weighted by Crippen LogP contribution is 2.56. The van der Waals surface area contributed by atoms with Crippen LogP contribution in [0.5, 0.6) is 0 Å². The van der Waals surface area contributed by atoms with E-state index in [1.165, 1.54) is 86.5 Å². The van der Waals surface area contributed by atoms with Crippen LogP contribution in [-0.2, 0) is 10.8 Å². The van der Waals surface area contributed by atoms with Crippen LogP contribution in [0.25, 0.3) is 23.3 Å². The summed E-state index contributed by atoms with van der Waals surface area (Å²) in [5.41, 5.74) is 12.5. The molecule has 2 spiro atoms. The summed E-state index contributed by atoms with van der Waals surface area (Å²) in [4.78, 5) is 0. The molecule has 2 saturated carbocycles. The maximum absolute atomic E-state index is 2.50. The van der Waals surface area contributed by atoms with Gasteiger partial charge in [-0.25, -0.2) is 0 Å². The molecule has 2 fully saturated rings. The third-order valence-electron chi connectivity index (χ3n) is 9.50. The summed E-state index contributed by atoms with van der Waals surface area (Å²) >= 11 is 0. The Bertz CT molecular complexity index is 1190. The van der Waals surface area contributed by atoms with Crippen LogP contribution in [0.1, 0.15) is 97.6 Å². The van der Waals surface area contributed by atoms with Crippen molar-refractivity contribution in [3.63, 3.8) is 0 Å². The van der Waals surface area contributed by atoms with E-state index in [4.69, 9.17) is 0 Å². The lowest BCUT2D eigenvalue weighted by Gasteiger charge is -2.39. The van der Waals surface area contributed by atoms with Crippen molar-refractivity contribution in [2.45, 2.75) is 75.0 Å². The zero-order valence-electron chi connectivity index (χ0n) is 20.2. The molecule has 4 aliphatic rings. The number of benzene rings is 3. The molecular weight excluding hydrogens is 408 g/mol. The standard InChI is InChI=1S/C34H34/c1-7-19-33(20-8-1)29-13-5-3-11-27(29)23-31(33)25-15-17-26(18-16-25)32-24-28-12-4-6-14-30(28)34(32)21-9-2-10-22-34/h3-6,11-18,23-24H,1-2,7-10,19-22H2. The molecule has 0 unspecified atom stereocenters. The summed E-state index contributed by atoms with van der Waals surface area (Å²) in [5.74, 6) is 0. The van der Waals surface area contributed by atoms with Crippen molar-refractivity contribution < 1.29 is 0 Å². The van der Waals surface area contributed by atoms with E-state index in [9.17, 15) is 0 Å². The van der Waals surface area contributed by atoms with Crippen LogP contribution in [0.3, 0.4) is 0 Å². The maximum Gasteiger partial charge on any atom is 0.0215 e. The van der Waals surface area contributed by atoms with Crippen LogP contribution < -0.4 is 0 Å². The van der Waals surface area contributed by atoms with E-state index < -0.39 is 0 Å². The fraction of sp³-hybridized carbons (Fsp3) is 0.353. The van der Waals surface area contributed by atoms with E-state index in [1.807, 2.05) is 0 Å². The van der Waals surface area contributed by atoms with Crippen molar-refractivity contribution in [2.75, 3.05) is 0 Å². The van der Waals surface area contributed by atoms with Crippen LogP contribution in [0.15, 0.2) is 72.8 Å². The van der Waals surface area contributed by atoms with Gasteiger partial charge in [-0.05, 0) is 82.4 Å². The molecule has 0 bridgehead atoms. The highest BCUT2D eigenvalue weighted by atomic mass is 14.5. The number of hydrogen-bond acceptors (Lipinski definition) is 0. The molecule has 0 aliphatic heterocycles. The molecule has 7 rings (SSSR count). The number of hydrogen-bond donors (Lipinski definition) is 0. The summed E-state index contributed by atoms with van der Waals surface area (Å²) in [7, 11) is 0.